The molecule has 3 heterocycles. The van der Waals surface area contributed by atoms with Gasteiger partial charge in [-0.1, -0.05) is 18.2 Å². The molecule has 114 valence electrons. The molecule has 0 spiro atoms. The monoisotopic (exact) mass is 296 g/mol. The molecule has 0 amide bonds. The lowest BCUT2D eigenvalue weighted by Crippen LogP contribution is -2.46. The minimum atomic E-state index is 0.133. The molecule has 22 heavy (non-hydrogen) atoms. The number of rotatable bonds is 2. The van der Waals surface area contributed by atoms with Crippen LogP contribution in [-0.2, 0) is 13.1 Å². The highest BCUT2D eigenvalue weighted by Gasteiger charge is 2.34. The highest BCUT2D eigenvalue weighted by molar-refractivity contribution is 5.27. The molecule has 0 radical (unpaired) electrons. The van der Waals surface area contributed by atoms with Crippen LogP contribution in [-0.4, -0.2) is 27.7 Å². The van der Waals surface area contributed by atoms with Crippen LogP contribution in [0.5, 0.6) is 5.75 Å². The lowest BCUT2D eigenvalue weighted by atomic mass is 9.83. The Kier molecular flexibility index (Phi) is 3.26. The van der Waals surface area contributed by atoms with Crippen molar-refractivity contribution in [3.05, 3.63) is 64.1 Å². The second-order valence-corrected chi connectivity index (χ2v) is 6.56. The zero-order valence-corrected chi connectivity index (χ0v) is 12.5. The Morgan fingerprint density at radius 1 is 1.09 bits per heavy atom. The van der Waals surface area contributed by atoms with Crippen LogP contribution < -0.4 is 5.56 Å². The number of benzene rings is 1. The number of phenolic OH excluding ortho intramolecular Hbond substituents is 1. The van der Waals surface area contributed by atoms with Crippen LogP contribution >= 0.6 is 0 Å². The first-order chi connectivity index (χ1) is 10.7. The molecule has 2 aliphatic heterocycles. The molecule has 1 N–H and O–H groups in total. The number of fused-ring (bicyclic) bond motifs is 4. The number of hydrogen-bond donors (Lipinski definition) is 1. The Morgan fingerprint density at radius 2 is 1.95 bits per heavy atom. The van der Waals surface area contributed by atoms with Gasteiger partial charge >= 0.3 is 0 Å². The predicted octanol–water partition coefficient (Wildman–Crippen LogP) is 2.17. The molecule has 1 saturated heterocycles. The van der Waals surface area contributed by atoms with E-state index >= 15 is 0 Å². The lowest BCUT2D eigenvalue weighted by Gasteiger charge is -2.42. The third-order valence-electron chi connectivity index (χ3n) is 4.87. The van der Waals surface area contributed by atoms with E-state index in [1.54, 1.807) is 12.1 Å². The Balaban J connectivity index is 1.57. The van der Waals surface area contributed by atoms with Crippen molar-refractivity contribution in [3.8, 4) is 5.75 Å². The number of phenols is 1. The predicted molar refractivity (Wildman–Crippen MR) is 84.9 cm³/mol. The van der Waals surface area contributed by atoms with Gasteiger partial charge in [0.2, 0.25) is 0 Å². The first kappa shape index (κ1) is 13.6. The molecule has 4 heteroatoms. The summed E-state index contributed by atoms with van der Waals surface area (Å²) in [6.45, 7) is 3.70. The summed E-state index contributed by atoms with van der Waals surface area (Å²) in [4.78, 5) is 14.5. The van der Waals surface area contributed by atoms with Crippen molar-refractivity contribution < 1.29 is 5.11 Å². The average Bonchev–Trinajstić information content (AvgIpc) is 2.48. The van der Waals surface area contributed by atoms with Gasteiger partial charge in [-0.15, -0.1) is 0 Å². The van der Waals surface area contributed by atoms with Gasteiger partial charge in [-0.05, 0) is 36.1 Å². The van der Waals surface area contributed by atoms with Gasteiger partial charge < -0.3 is 9.67 Å². The SMILES string of the molecule is O=c1cccc2n1CC1CC2CN(Cc2cccc(O)c2)C1. The van der Waals surface area contributed by atoms with Crippen molar-refractivity contribution in [2.75, 3.05) is 13.1 Å². The van der Waals surface area contributed by atoms with Gasteiger partial charge in [0.25, 0.3) is 5.56 Å². The summed E-state index contributed by atoms with van der Waals surface area (Å²) in [6, 6.07) is 13.1. The number of piperidine rings is 1. The largest absolute Gasteiger partial charge is 0.508 e. The van der Waals surface area contributed by atoms with E-state index in [0.717, 1.165) is 31.7 Å². The molecular formula is C18H20N2O2. The normalized spacial score (nSPS) is 24.0. The van der Waals surface area contributed by atoms with Crippen LogP contribution in [0, 0.1) is 5.92 Å². The van der Waals surface area contributed by atoms with E-state index in [-0.39, 0.29) is 5.56 Å². The summed E-state index contributed by atoms with van der Waals surface area (Å²) in [5, 5.41) is 9.61. The maximum absolute atomic E-state index is 12.0. The summed E-state index contributed by atoms with van der Waals surface area (Å²) in [6.07, 6.45) is 1.18. The van der Waals surface area contributed by atoms with Crippen molar-refractivity contribution in [1.29, 1.82) is 0 Å². The quantitative estimate of drug-likeness (QED) is 0.924. The minimum Gasteiger partial charge on any atom is -0.508 e. The highest BCUT2D eigenvalue weighted by atomic mass is 16.3. The van der Waals surface area contributed by atoms with Crippen LogP contribution in [0.3, 0.4) is 0 Å². The number of pyridine rings is 1. The zero-order valence-electron chi connectivity index (χ0n) is 12.5. The van der Waals surface area contributed by atoms with Crippen molar-refractivity contribution in [2.24, 2.45) is 5.92 Å². The molecule has 2 aliphatic rings. The van der Waals surface area contributed by atoms with Gasteiger partial charge in [0.1, 0.15) is 5.75 Å². The fourth-order valence-electron chi connectivity index (χ4n) is 4.04. The number of aromatic nitrogens is 1. The van der Waals surface area contributed by atoms with Gasteiger partial charge in [-0.2, -0.15) is 0 Å². The van der Waals surface area contributed by atoms with E-state index in [0.29, 0.717) is 17.6 Å². The van der Waals surface area contributed by atoms with Crippen molar-refractivity contribution in [2.45, 2.75) is 25.4 Å². The van der Waals surface area contributed by atoms with Gasteiger partial charge in [0.05, 0.1) is 0 Å². The average molecular weight is 296 g/mol. The third kappa shape index (κ3) is 2.44. The molecule has 4 rings (SSSR count). The van der Waals surface area contributed by atoms with Gasteiger partial charge in [-0.25, -0.2) is 0 Å². The molecule has 0 aliphatic carbocycles. The molecule has 4 nitrogen and oxygen atoms in total. The maximum Gasteiger partial charge on any atom is 0.250 e. The standard InChI is InChI=1S/C18H20N2O2/c21-16-4-1-3-13(8-16)9-19-10-14-7-15(12-19)17-5-2-6-18(22)20(17)11-14/h1-6,8,14-15,21H,7,9-12H2. The summed E-state index contributed by atoms with van der Waals surface area (Å²) >= 11 is 0. The van der Waals surface area contributed by atoms with E-state index in [1.165, 1.54) is 12.1 Å². The fourth-order valence-corrected chi connectivity index (χ4v) is 4.04. The molecule has 2 unspecified atom stereocenters. The van der Waals surface area contributed by atoms with Crippen LogP contribution in [0.1, 0.15) is 23.6 Å². The summed E-state index contributed by atoms with van der Waals surface area (Å²) in [7, 11) is 0. The van der Waals surface area contributed by atoms with Crippen LogP contribution in [0.25, 0.3) is 0 Å². The Hall–Kier alpha value is -2.07. The highest BCUT2D eigenvalue weighted by Crippen LogP contribution is 2.35. The number of hydrogen-bond acceptors (Lipinski definition) is 3. The smallest absolute Gasteiger partial charge is 0.250 e. The number of nitrogens with zero attached hydrogens (tertiary/aromatic N) is 2. The topological polar surface area (TPSA) is 45.5 Å². The Labute approximate surface area is 129 Å². The van der Waals surface area contributed by atoms with E-state index in [9.17, 15) is 9.90 Å². The Bertz CT molecular complexity index is 753. The first-order valence-electron chi connectivity index (χ1n) is 7.89. The minimum absolute atomic E-state index is 0.133. The van der Waals surface area contributed by atoms with Crippen molar-refractivity contribution in [3.63, 3.8) is 0 Å². The van der Waals surface area contributed by atoms with E-state index in [1.807, 2.05) is 22.8 Å². The zero-order chi connectivity index (χ0) is 15.1. The van der Waals surface area contributed by atoms with Crippen molar-refractivity contribution >= 4 is 0 Å². The van der Waals surface area contributed by atoms with Crippen LogP contribution in [0.4, 0.5) is 0 Å². The molecule has 2 atom stereocenters. The molecule has 2 bridgehead atoms. The third-order valence-corrected chi connectivity index (χ3v) is 4.87. The van der Waals surface area contributed by atoms with Gasteiger partial charge in [0.15, 0.2) is 0 Å². The van der Waals surface area contributed by atoms with E-state index < -0.39 is 0 Å². The van der Waals surface area contributed by atoms with Gasteiger partial charge in [-0.3, -0.25) is 9.69 Å². The molecule has 1 aromatic heterocycles. The summed E-state index contributed by atoms with van der Waals surface area (Å²) in [5.74, 6) is 1.31. The van der Waals surface area contributed by atoms with E-state index in [2.05, 4.69) is 17.0 Å². The molecule has 0 saturated carbocycles. The molecule has 1 aromatic carbocycles. The maximum atomic E-state index is 12.0. The molecule has 1 fully saturated rings. The second kappa shape index (κ2) is 5.29. The molecular weight excluding hydrogens is 276 g/mol. The fraction of sp³-hybridized carbons (Fsp3) is 0.389. The van der Waals surface area contributed by atoms with Crippen LogP contribution in [0.15, 0.2) is 47.3 Å². The lowest BCUT2D eigenvalue weighted by molar-refractivity contribution is 0.114. The number of aromatic hydroxyl groups is 1. The number of likely N-dealkylation sites (tertiary alicyclic amines) is 1. The van der Waals surface area contributed by atoms with Gasteiger partial charge in [0, 0.05) is 43.9 Å². The second-order valence-electron chi connectivity index (χ2n) is 6.56. The molecule has 2 aromatic rings. The van der Waals surface area contributed by atoms with Crippen LogP contribution in [0.2, 0.25) is 0 Å². The van der Waals surface area contributed by atoms with Crippen molar-refractivity contribution in [1.82, 2.24) is 9.47 Å². The summed E-state index contributed by atoms with van der Waals surface area (Å²) in [5.41, 5.74) is 2.46. The van der Waals surface area contributed by atoms with E-state index in [4.69, 9.17) is 0 Å². The summed E-state index contributed by atoms with van der Waals surface area (Å²) < 4.78 is 1.96. The first-order valence-corrected chi connectivity index (χ1v) is 7.89. The Morgan fingerprint density at radius 3 is 2.82 bits per heavy atom.